The van der Waals surface area contributed by atoms with Crippen molar-refractivity contribution in [3.8, 4) is 0 Å². The van der Waals surface area contributed by atoms with Gasteiger partial charge in [0.1, 0.15) is 18.8 Å². The molecular weight excluding hydrogens is 306 g/mol. The maximum atomic E-state index is 12.8. The van der Waals surface area contributed by atoms with Crippen molar-refractivity contribution in [1.29, 1.82) is 0 Å². The highest BCUT2D eigenvalue weighted by Crippen LogP contribution is 2.36. The van der Waals surface area contributed by atoms with E-state index >= 15 is 0 Å². The Morgan fingerprint density at radius 1 is 1.48 bits per heavy atom. The van der Waals surface area contributed by atoms with Crippen LogP contribution >= 0.6 is 11.3 Å². The summed E-state index contributed by atoms with van der Waals surface area (Å²) in [5.74, 6) is 0.0381. The highest BCUT2D eigenvalue weighted by molar-refractivity contribution is 7.08. The van der Waals surface area contributed by atoms with E-state index in [0.29, 0.717) is 17.2 Å². The SMILES string of the molecule is CC1=C(C[N+]2(C(C)C)C=CC=N2)C(=O)NC(C)(c2ccsc2)C1. The fourth-order valence-electron chi connectivity index (χ4n) is 3.38. The number of rotatable bonds is 4. The molecule has 1 amide bonds. The Kier molecular flexibility index (Phi) is 4.02. The van der Waals surface area contributed by atoms with Crippen molar-refractivity contribution in [2.24, 2.45) is 5.10 Å². The molecular formula is C18H24N3OS+. The molecule has 3 rings (SSSR count). The second-order valence-corrected chi connectivity index (χ2v) is 7.76. The van der Waals surface area contributed by atoms with Crippen molar-refractivity contribution in [3.63, 3.8) is 0 Å². The van der Waals surface area contributed by atoms with Gasteiger partial charge in [-0.2, -0.15) is 15.9 Å². The van der Waals surface area contributed by atoms with E-state index in [1.54, 1.807) is 11.3 Å². The van der Waals surface area contributed by atoms with Crippen LogP contribution in [0.1, 0.15) is 39.7 Å². The Bertz CT molecular complexity index is 688. The normalized spacial score (nSPS) is 30.4. The van der Waals surface area contributed by atoms with Crippen LogP contribution in [-0.4, -0.2) is 29.3 Å². The number of quaternary nitrogens is 1. The van der Waals surface area contributed by atoms with Crippen LogP contribution in [0, 0.1) is 0 Å². The van der Waals surface area contributed by atoms with E-state index in [1.807, 2.05) is 12.3 Å². The Balaban J connectivity index is 1.91. The highest BCUT2D eigenvalue weighted by atomic mass is 32.1. The number of amides is 1. The Morgan fingerprint density at radius 2 is 2.26 bits per heavy atom. The lowest BCUT2D eigenvalue weighted by Crippen LogP contribution is -2.52. The topological polar surface area (TPSA) is 41.5 Å². The standard InChI is InChI=1S/C18H23N3OS/c1-13(2)21(8-5-7-19-21)11-16-14(3)10-18(4,20-17(16)22)15-6-9-23-12-15/h5-9,12-13H,10-11H2,1-4H3/p+1. The van der Waals surface area contributed by atoms with Gasteiger partial charge in [-0.1, -0.05) is 10.7 Å². The first-order valence-corrected chi connectivity index (χ1v) is 8.95. The Hall–Kier alpha value is -1.72. The number of hydrogen-bond acceptors (Lipinski definition) is 3. The quantitative estimate of drug-likeness (QED) is 0.843. The third kappa shape index (κ3) is 2.79. The third-order valence-corrected chi connectivity index (χ3v) is 5.66. The van der Waals surface area contributed by atoms with Crippen LogP contribution in [0.2, 0.25) is 0 Å². The van der Waals surface area contributed by atoms with E-state index in [9.17, 15) is 4.79 Å². The number of carbonyl (C=O) groups is 1. The van der Waals surface area contributed by atoms with E-state index < -0.39 is 0 Å². The number of carbonyl (C=O) groups excluding carboxylic acids is 1. The van der Waals surface area contributed by atoms with Gasteiger partial charge in [0.25, 0.3) is 5.91 Å². The number of nitrogens with one attached hydrogen (secondary N) is 1. The minimum absolute atomic E-state index is 0.0381. The maximum absolute atomic E-state index is 12.8. The maximum Gasteiger partial charge on any atom is 0.253 e. The summed E-state index contributed by atoms with van der Waals surface area (Å²) in [4.78, 5) is 12.8. The summed E-state index contributed by atoms with van der Waals surface area (Å²) in [6, 6.07) is 2.39. The zero-order chi connectivity index (χ0) is 16.7. The summed E-state index contributed by atoms with van der Waals surface area (Å²) in [6.07, 6.45) is 6.71. The number of allylic oxidation sites excluding steroid dienone is 1. The monoisotopic (exact) mass is 330 g/mol. The molecule has 0 spiro atoms. The van der Waals surface area contributed by atoms with Crippen LogP contribution in [0.25, 0.3) is 0 Å². The molecule has 0 radical (unpaired) electrons. The summed E-state index contributed by atoms with van der Waals surface area (Å²) in [7, 11) is 0. The van der Waals surface area contributed by atoms with Gasteiger partial charge < -0.3 is 5.32 Å². The molecule has 0 fully saturated rings. The molecule has 0 saturated heterocycles. The van der Waals surface area contributed by atoms with Crippen LogP contribution in [0.15, 0.2) is 45.4 Å². The lowest BCUT2D eigenvalue weighted by Gasteiger charge is -2.38. The van der Waals surface area contributed by atoms with Gasteiger partial charge in [0.2, 0.25) is 0 Å². The number of thiophene rings is 1. The summed E-state index contributed by atoms with van der Waals surface area (Å²) < 4.78 is 0.468. The Morgan fingerprint density at radius 3 is 2.78 bits per heavy atom. The smallest absolute Gasteiger partial charge is 0.253 e. The van der Waals surface area contributed by atoms with Crippen molar-refractivity contribution < 1.29 is 9.39 Å². The molecule has 0 aliphatic carbocycles. The van der Waals surface area contributed by atoms with Gasteiger partial charge in [-0.15, -0.1) is 0 Å². The molecule has 0 aromatic carbocycles. The minimum atomic E-state index is -0.308. The predicted octanol–water partition coefficient (Wildman–Crippen LogP) is 3.54. The predicted molar refractivity (Wildman–Crippen MR) is 95.0 cm³/mol. The molecule has 4 nitrogen and oxygen atoms in total. The summed E-state index contributed by atoms with van der Waals surface area (Å²) in [6.45, 7) is 9.08. The Labute approximate surface area is 141 Å². The van der Waals surface area contributed by atoms with Crippen molar-refractivity contribution >= 4 is 23.5 Å². The van der Waals surface area contributed by atoms with Crippen molar-refractivity contribution in [2.75, 3.05) is 6.54 Å². The van der Waals surface area contributed by atoms with Crippen molar-refractivity contribution in [2.45, 2.75) is 45.7 Å². The highest BCUT2D eigenvalue weighted by Gasteiger charge is 2.41. The van der Waals surface area contributed by atoms with E-state index in [0.717, 1.165) is 17.6 Å². The van der Waals surface area contributed by atoms with Crippen molar-refractivity contribution in [3.05, 3.63) is 45.8 Å². The van der Waals surface area contributed by atoms with Gasteiger partial charge in [-0.3, -0.25) is 4.79 Å². The van der Waals surface area contributed by atoms with Crippen LogP contribution < -0.4 is 5.32 Å². The molecule has 2 unspecified atom stereocenters. The number of nitrogens with zero attached hydrogens (tertiary/aromatic N) is 2. The molecule has 5 heteroatoms. The average molecular weight is 330 g/mol. The van der Waals surface area contributed by atoms with Crippen LogP contribution in [0.5, 0.6) is 0 Å². The third-order valence-electron chi connectivity index (χ3n) is 4.97. The molecule has 1 aromatic rings. The van der Waals surface area contributed by atoms with Gasteiger partial charge in [0, 0.05) is 6.08 Å². The second kappa shape index (κ2) is 5.73. The molecule has 2 aliphatic heterocycles. The summed E-state index contributed by atoms with van der Waals surface area (Å²) in [5.41, 5.74) is 2.91. The van der Waals surface area contributed by atoms with E-state index in [4.69, 9.17) is 0 Å². The van der Waals surface area contributed by atoms with Crippen LogP contribution in [0.4, 0.5) is 0 Å². The average Bonchev–Trinajstić information content (AvgIpc) is 3.15. The minimum Gasteiger partial charge on any atom is -0.343 e. The van der Waals surface area contributed by atoms with Gasteiger partial charge in [-0.05, 0) is 56.5 Å². The van der Waals surface area contributed by atoms with Gasteiger partial charge >= 0.3 is 0 Å². The fourth-order valence-corrected chi connectivity index (χ4v) is 4.17. The molecule has 2 atom stereocenters. The molecule has 0 bridgehead atoms. The van der Waals surface area contributed by atoms with E-state index in [1.165, 1.54) is 5.56 Å². The van der Waals surface area contributed by atoms with Crippen LogP contribution in [0.3, 0.4) is 0 Å². The fraction of sp³-hybridized carbons (Fsp3) is 0.444. The van der Waals surface area contributed by atoms with Crippen molar-refractivity contribution in [1.82, 2.24) is 5.32 Å². The first-order valence-electron chi connectivity index (χ1n) is 8.01. The summed E-state index contributed by atoms with van der Waals surface area (Å²) >= 11 is 1.67. The van der Waals surface area contributed by atoms with Gasteiger partial charge in [0.15, 0.2) is 0 Å². The van der Waals surface area contributed by atoms with Crippen LogP contribution in [-0.2, 0) is 10.3 Å². The lowest BCUT2D eigenvalue weighted by atomic mass is 9.82. The molecule has 1 N–H and O–H groups in total. The molecule has 1 aromatic heterocycles. The molecule has 23 heavy (non-hydrogen) atoms. The van der Waals surface area contributed by atoms with Gasteiger partial charge in [0.05, 0.1) is 17.3 Å². The van der Waals surface area contributed by atoms with E-state index in [2.05, 4.69) is 61.1 Å². The zero-order valence-electron chi connectivity index (χ0n) is 14.2. The first-order chi connectivity index (χ1) is 10.9. The lowest BCUT2D eigenvalue weighted by molar-refractivity contribution is -0.899. The zero-order valence-corrected chi connectivity index (χ0v) is 15.0. The van der Waals surface area contributed by atoms with E-state index in [-0.39, 0.29) is 11.4 Å². The largest absolute Gasteiger partial charge is 0.343 e. The molecule has 0 saturated carbocycles. The molecule has 2 aliphatic rings. The first kappa shape index (κ1) is 16.1. The summed E-state index contributed by atoms with van der Waals surface area (Å²) in [5, 5.41) is 12.0. The van der Waals surface area contributed by atoms with Gasteiger partial charge in [-0.25, -0.2) is 0 Å². The molecule has 3 heterocycles. The second-order valence-electron chi connectivity index (χ2n) is 6.98. The molecule has 122 valence electrons. The number of hydrogen-bond donors (Lipinski definition) is 1.